The van der Waals surface area contributed by atoms with Gasteiger partial charge in [-0.15, -0.1) is 0 Å². The lowest BCUT2D eigenvalue weighted by atomic mass is 10.0. The number of amides is 2. The van der Waals surface area contributed by atoms with E-state index in [0.29, 0.717) is 30.1 Å². The molecule has 0 aromatic heterocycles. The van der Waals surface area contributed by atoms with Gasteiger partial charge in [0.05, 0.1) is 6.21 Å². The number of aryl methyl sites for hydroxylation is 1. The first-order valence-corrected chi connectivity index (χ1v) is 11.4. The second kappa shape index (κ2) is 13.4. The first-order valence-electron chi connectivity index (χ1n) is 10.6. The predicted molar refractivity (Wildman–Crippen MR) is 134 cm³/mol. The summed E-state index contributed by atoms with van der Waals surface area (Å²) in [5.74, 6) is 0.635. The molecule has 1 atom stereocenters. The number of halogens is 1. The van der Waals surface area contributed by atoms with Crippen LogP contribution in [0.2, 0.25) is 0 Å². The van der Waals surface area contributed by atoms with Crippen molar-refractivity contribution in [3.63, 3.8) is 0 Å². The Kier molecular flexibility index (Phi) is 10.6. The summed E-state index contributed by atoms with van der Waals surface area (Å²) in [5.41, 5.74) is 4.13. The molecule has 0 unspecified atom stereocenters. The van der Waals surface area contributed by atoms with Gasteiger partial charge in [0.1, 0.15) is 24.1 Å². The van der Waals surface area contributed by atoms with Gasteiger partial charge in [0.25, 0.3) is 11.8 Å². The molecule has 2 aromatic rings. The first-order chi connectivity index (χ1) is 15.8. The van der Waals surface area contributed by atoms with Crippen LogP contribution in [0.15, 0.2) is 64.7 Å². The maximum atomic E-state index is 12.7. The van der Waals surface area contributed by atoms with E-state index in [1.807, 2.05) is 51.1 Å². The molecule has 33 heavy (non-hydrogen) atoms. The molecule has 7 nitrogen and oxygen atoms in total. The second-order valence-corrected chi connectivity index (χ2v) is 8.74. The number of rotatable bonds is 12. The van der Waals surface area contributed by atoms with E-state index >= 15 is 0 Å². The maximum Gasteiger partial charge on any atom is 0.262 e. The highest BCUT2D eigenvalue weighted by atomic mass is 79.9. The number of para-hydroxylation sites is 1. The third-order valence-corrected chi connectivity index (χ3v) is 5.01. The van der Waals surface area contributed by atoms with Gasteiger partial charge in [-0.05, 0) is 49.1 Å². The molecule has 8 heteroatoms. The summed E-state index contributed by atoms with van der Waals surface area (Å²) < 4.78 is 12.0. The molecule has 0 aliphatic rings. The molecule has 0 heterocycles. The molecule has 0 saturated carbocycles. The van der Waals surface area contributed by atoms with Gasteiger partial charge in [0.2, 0.25) is 0 Å². The van der Waals surface area contributed by atoms with E-state index in [1.54, 1.807) is 18.2 Å². The van der Waals surface area contributed by atoms with Crippen molar-refractivity contribution in [3.05, 3.63) is 70.7 Å². The van der Waals surface area contributed by atoms with Crippen LogP contribution in [-0.2, 0) is 9.59 Å². The van der Waals surface area contributed by atoms with Crippen LogP contribution in [-0.4, -0.2) is 37.3 Å². The van der Waals surface area contributed by atoms with Gasteiger partial charge in [-0.3, -0.25) is 9.59 Å². The minimum Gasteiger partial charge on any atom is -0.489 e. The van der Waals surface area contributed by atoms with Gasteiger partial charge in [-0.25, -0.2) is 5.43 Å². The zero-order valence-electron chi connectivity index (χ0n) is 19.1. The zero-order valence-corrected chi connectivity index (χ0v) is 20.7. The van der Waals surface area contributed by atoms with Crippen molar-refractivity contribution in [2.45, 2.75) is 33.2 Å². The van der Waals surface area contributed by atoms with Crippen molar-refractivity contribution in [2.75, 3.05) is 13.2 Å². The van der Waals surface area contributed by atoms with Gasteiger partial charge < -0.3 is 14.8 Å². The fourth-order valence-electron chi connectivity index (χ4n) is 2.94. The second-order valence-electron chi connectivity index (χ2n) is 7.82. The van der Waals surface area contributed by atoms with Crippen molar-refractivity contribution >= 4 is 34.0 Å². The molecular formula is C25H30BrN3O4. The van der Waals surface area contributed by atoms with E-state index < -0.39 is 11.9 Å². The zero-order chi connectivity index (χ0) is 24.2. The summed E-state index contributed by atoms with van der Waals surface area (Å²) in [6, 6.07) is 12.2. The van der Waals surface area contributed by atoms with Crippen LogP contribution in [0.3, 0.4) is 0 Å². The highest BCUT2D eigenvalue weighted by Gasteiger charge is 2.22. The van der Waals surface area contributed by atoms with E-state index in [9.17, 15) is 9.59 Å². The lowest BCUT2D eigenvalue weighted by Crippen LogP contribution is -2.47. The third kappa shape index (κ3) is 9.10. The molecule has 0 fully saturated rings. The van der Waals surface area contributed by atoms with Crippen LogP contribution >= 0.6 is 15.9 Å². The van der Waals surface area contributed by atoms with Crippen molar-refractivity contribution < 1.29 is 19.1 Å². The number of hydrogen-bond donors (Lipinski definition) is 2. The minimum atomic E-state index is -0.742. The SMILES string of the molecule is C=CCOc1ccc(Br)cc1/C=N\NC(=O)[C@@H](CC(C)C)NC(=O)COc1ccccc1C. The Morgan fingerprint density at radius 1 is 1.15 bits per heavy atom. The third-order valence-electron chi connectivity index (χ3n) is 4.52. The summed E-state index contributed by atoms with van der Waals surface area (Å²) in [5, 5.41) is 6.80. The highest BCUT2D eigenvalue weighted by Crippen LogP contribution is 2.22. The van der Waals surface area contributed by atoms with Gasteiger partial charge in [-0.2, -0.15) is 5.10 Å². The summed E-state index contributed by atoms with van der Waals surface area (Å²) in [6.07, 6.45) is 3.60. The van der Waals surface area contributed by atoms with Crippen LogP contribution < -0.4 is 20.2 Å². The Hall–Kier alpha value is -3.13. The van der Waals surface area contributed by atoms with E-state index in [2.05, 4.69) is 38.4 Å². The average Bonchev–Trinajstić information content (AvgIpc) is 2.77. The Balaban J connectivity index is 1.99. The number of carbonyl (C=O) groups is 2. The molecule has 2 rings (SSSR count). The van der Waals surface area contributed by atoms with Crippen LogP contribution in [0, 0.1) is 12.8 Å². The van der Waals surface area contributed by atoms with Crippen molar-refractivity contribution in [1.29, 1.82) is 0 Å². The highest BCUT2D eigenvalue weighted by molar-refractivity contribution is 9.10. The first kappa shape index (κ1) is 26.1. The number of benzene rings is 2. The number of carbonyl (C=O) groups excluding carboxylic acids is 2. The molecule has 2 N–H and O–H groups in total. The summed E-state index contributed by atoms with van der Waals surface area (Å²) in [7, 11) is 0. The van der Waals surface area contributed by atoms with E-state index in [0.717, 1.165) is 10.0 Å². The smallest absolute Gasteiger partial charge is 0.262 e. The van der Waals surface area contributed by atoms with Crippen LogP contribution in [0.4, 0.5) is 0 Å². The molecule has 2 amide bonds. The van der Waals surface area contributed by atoms with E-state index in [-0.39, 0.29) is 18.4 Å². The van der Waals surface area contributed by atoms with Gasteiger partial charge in [0.15, 0.2) is 6.61 Å². The fraction of sp³-hybridized carbons (Fsp3) is 0.320. The normalized spacial score (nSPS) is 11.8. The maximum absolute atomic E-state index is 12.7. The van der Waals surface area contributed by atoms with Crippen molar-refractivity contribution in [2.24, 2.45) is 11.0 Å². The standard InChI is InChI=1S/C25H30BrN3O4/c1-5-12-32-23-11-10-20(26)14-19(23)15-27-29-25(31)21(13-17(2)3)28-24(30)16-33-22-9-7-6-8-18(22)4/h5-11,14-15,17,21H,1,12-13,16H2,2-4H3,(H,28,30)(H,29,31)/b27-15-/t21-/m1/s1. The largest absolute Gasteiger partial charge is 0.489 e. The Labute approximate surface area is 203 Å². The molecule has 0 aliphatic carbocycles. The van der Waals surface area contributed by atoms with E-state index in [1.165, 1.54) is 6.21 Å². The number of hydrazone groups is 1. The average molecular weight is 516 g/mol. The molecule has 2 aromatic carbocycles. The lowest BCUT2D eigenvalue weighted by Gasteiger charge is -2.19. The quantitative estimate of drug-likeness (QED) is 0.249. The molecule has 0 radical (unpaired) electrons. The predicted octanol–water partition coefficient (Wildman–Crippen LogP) is 4.38. The summed E-state index contributed by atoms with van der Waals surface area (Å²) in [6.45, 7) is 9.66. The topological polar surface area (TPSA) is 89.0 Å². The van der Waals surface area contributed by atoms with Gasteiger partial charge in [0, 0.05) is 10.0 Å². The lowest BCUT2D eigenvalue weighted by molar-refractivity contribution is -0.130. The number of ether oxygens (including phenoxy) is 2. The summed E-state index contributed by atoms with van der Waals surface area (Å²) >= 11 is 3.41. The Bertz CT molecular complexity index is 991. The number of nitrogens with zero attached hydrogens (tertiary/aromatic N) is 1. The van der Waals surface area contributed by atoms with Gasteiger partial charge >= 0.3 is 0 Å². The van der Waals surface area contributed by atoms with Crippen LogP contribution in [0.25, 0.3) is 0 Å². The number of hydrogen-bond acceptors (Lipinski definition) is 5. The Morgan fingerprint density at radius 3 is 2.61 bits per heavy atom. The Morgan fingerprint density at radius 2 is 1.91 bits per heavy atom. The molecule has 0 bridgehead atoms. The van der Waals surface area contributed by atoms with Crippen molar-refractivity contribution in [3.8, 4) is 11.5 Å². The van der Waals surface area contributed by atoms with Crippen LogP contribution in [0.5, 0.6) is 11.5 Å². The molecule has 0 saturated heterocycles. The van der Waals surface area contributed by atoms with Crippen molar-refractivity contribution in [1.82, 2.24) is 10.7 Å². The minimum absolute atomic E-state index is 0.182. The van der Waals surface area contributed by atoms with Gasteiger partial charge in [-0.1, -0.05) is 60.6 Å². The number of nitrogens with one attached hydrogen (secondary N) is 2. The summed E-state index contributed by atoms with van der Waals surface area (Å²) in [4.78, 5) is 25.1. The molecular weight excluding hydrogens is 486 g/mol. The fourth-order valence-corrected chi connectivity index (χ4v) is 3.32. The molecule has 0 spiro atoms. The molecule has 0 aliphatic heterocycles. The monoisotopic (exact) mass is 515 g/mol. The van der Waals surface area contributed by atoms with E-state index in [4.69, 9.17) is 9.47 Å². The van der Waals surface area contributed by atoms with Crippen LogP contribution in [0.1, 0.15) is 31.4 Å². The molecule has 176 valence electrons.